The number of aromatic amines is 1. The molecule has 10 nitrogen and oxygen atoms in total. The first-order valence-electron chi connectivity index (χ1n) is 14.2. The number of carbonyl (C=O) groups is 3. The van der Waals surface area contributed by atoms with Crippen LogP contribution in [0.25, 0.3) is 10.9 Å². The lowest BCUT2D eigenvalue weighted by molar-refractivity contribution is -0.155. The number of rotatable bonds is 9. The van der Waals surface area contributed by atoms with E-state index in [1.165, 1.54) is 0 Å². The maximum atomic E-state index is 13.7. The molecule has 0 radical (unpaired) electrons. The molecule has 0 bridgehead atoms. The molecule has 1 aromatic heterocycles. The molecule has 0 aliphatic carbocycles. The van der Waals surface area contributed by atoms with Gasteiger partial charge in [-0.2, -0.15) is 0 Å². The Labute approximate surface area is 247 Å². The Balaban J connectivity index is 1.41. The molecule has 42 heavy (non-hydrogen) atoms. The summed E-state index contributed by atoms with van der Waals surface area (Å²) in [6.45, 7) is 13.2. The van der Waals surface area contributed by atoms with Crippen LogP contribution >= 0.6 is 0 Å². The second-order valence-corrected chi connectivity index (χ2v) is 13.8. The molecular weight excluding hydrogens is 554 g/mol. The van der Waals surface area contributed by atoms with E-state index in [1.807, 2.05) is 71.9 Å². The highest BCUT2D eigenvalue weighted by Gasteiger charge is 2.47. The second kappa shape index (κ2) is 11.9. The molecule has 226 valence electrons. The summed E-state index contributed by atoms with van der Waals surface area (Å²) >= 11 is 0. The van der Waals surface area contributed by atoms with Gasteiger partial charge in [-0.15, -0.1) is 0 Å². The lowest BCUT2D eigenvalue weighted by atomic mass is 9.83. The predicted octanol–water partition coefficient (Wildman–Crippen LogP) is 3.36. The molecule has 1 unspecified atom stereocenters. The van der Waals surface area contributed by atoms with E-state index in [2.05, 4.69) is 15.0 Å². The number of aryl methyl sites for hydroxylation is 2. The highest BCUT2D eigenvalue weighted by Crippen LogP contribution is 2.29. The number of hydrogen-bond donors (Lipinski definition) is 3. The van der Waals surface area contributed by atoms with Gasteiger partial charge in [-0.05, 0) is 62.4 Å². The van der Waals surface area contributed by atoms with Crippen molar-refractivity contribution in [3.63, 3.8) is 0 Å². The monoisotopic (exact) mass is 595 g/mol. The summed E-state index contributed by atoms with van der Waals surface area (Å²) in [6.07, 6.45) is 0. The molecule has 1 fully saturated rings. The number of H-pyrrole nitrogens is 1. The Morgan fingerprint density at radius 2 is 1.79 bits per heavy atom. The Morgan fingerprint density at radius 1 is 1.10 bits per heavy atom. The number of sulfonamides is 1. The smallest absolute Gasteiger partial charge is 0.268 e. The van der Waals surface area contributed by atoms with Gasteiger partial charge in [0.15, 0.2) is 0 Å². The molecule has 2 aromatic carbocycles. The van der Waals surface area contributed by atoms with E-state index in [1.54, 1.807) is 34.9 Å². The average molecular weight is 596 g/mol. The minimum absolute atomic E-state index is 0.148. The first-order valence-corrected chi connectivity index (χ1v) is 15.7. The summed E-state index contributed by atoms with van der Waals surface area (Å²) in [5.74, 6) is -0.963. The molecule has 3 atom stereocenters. The summed E-state index contributed by atoms with van der Waals surface area (Å²) in [5.41, 5.74) is 2.04. The van der Waals surface area contributed by atoms with Gasteiger partial charge in [0.1, 0.15) is 11.7 Å². The van der Waals surface area contributed by atoms with Crippen LogP contribution in [0.1, 0.15) is 56.2 Å². The van der Waals surface area contributed by atoms with E-state index < -0.39 is 21.5 Å². The standard InChI is InChI=1S/C31H41N5O5S/c1-8-35(27(37)17-32-42(40,41)26-15-19(2)13-14-20(26)3)25-18-36(21(25)4)30(39)28(31(5,6)7)34-29(38)24-16-22-11-9-10-12-23(22)33-24/h9-16,21,25,28,32-33H,8,17-18H2,1-7H3,(H,34,38)/t21?,25-,28-/m1/s1. The number of nitrogens with zero attached hydrogens (tertiary/aromatic N) is 2. The molecule has 0 saturated carbocycles. The maximum absolute atomic E-state index is 13.7. The van der Waals surface area contributed by atoms with E-state index in [0.717, 1.165) is 16.5 Å². The van der Waals surface area contributed by atoms with E-state index in [9.17, 15) is 22.8 Å². The Morgan fingerprint density at radius 3 is 2.40 bits per heavy atom. The van der Waals surface area contributed by atoms with Gasteiger partial charge in [0, 0.05) is 24.0 Å². The van der Waals surface area contributed by atoms with Gasteiger partial charge in [-0.1, -0.05) is 51.1 Å². The topological polar surface area (TPSA) is 132 Å². The normalized spacial score (nSPS) is 17.9. The first-order chi connectivity index (χ1) is 19.6. The van der Waals surface area contributed by atoms with Crippen molar-refractivity contribution in [2.45, 2.75) is 71.5 Å². The average Bonchev–Trinajstić information content (AvgIpc) is 3.37. The Hall–Kier alpha value is -3.70. The number of aromatic nitrogens is 1. The van der Waals surface area contributed by atoms with Crippen molar-refractivity contribution in [2.24, 2.45) is 5.41 Å². The van der Waals surface area contributed by atoms with Crippen molar-refractivity contribution >= 4 is 38.6 Å². The van der Waals surface area contributed by atoms with Gasteiger partial charge >= 0.3 is 0 Å². The zero-order chi connectivity index (χ0) is 31.0. The molecule has 3 N–H and O–H groups in total. The number of nitrogens with one attached hydrogen (secondary N) is 3. The fourth-order valence-corrected chi connectivity index (χ4v) is 6.69. The van der Waals surface area contributed by atoms with Crippen molar-refractivity contribution in [2.75, 3.05) is 19.6 Å². The summed E-state index contributed by atoms with van der Waals surface area (Å²) in [6, 6.07) is 13.1. The zero-order valence-corrected chi connectivity index (χ0v) is 26.1. The number of para-hydroxylation sites is 1. The SMILES string of the molecule is CCN(C(=O)CNS(=O)(=O)c1cc(C)ccc1C)[C@@H]1CN(C(=O)[C@@H](NC(=O)c2cc3ccccc3[nH]2)C(C)(C)C)C1C. The first kappa shape index (κ1) is 31.2. The lowest BCUT2D eigenvalue weighted by Crippen LogP contribution is -2.71. The van der Waals surface area contributed by atoms with Crippen LogP contribution in [0.5, 0.6) is 0 Å². The van der Waals surface area contributed by atoms with Crippen molar-refractivity contribution < 1.29 is 22.8 Å². The predicted molar refractivity (Wildman–Crippen MR) is 162 cm³/mol. The minimum Gasteiger partial charge on any atom is -0.351 e. The van der Waals surface area contributed by atoms with Gasteiger partial charge < -0.3 is 20.1 Å². The molecule has 0 spiro atoms. The van der Waals surface area contributed by atoms with E-state index in [-0.39, 0.29) is 47.8 Å². The zero-order valence-electron chi connectivity index (χ0n) is 25.3. The van der Waals surface area contributed by atoms with Gasteiger partial charge in [0.2, 0.25) is 21.8 Å². The molecular formula is C31H41N5O5S. The third-order valence-corrected chi connectivity index (χ3v) is 9.53. The van der Waals surface area contributed by atoms with Crippen LogP contribution < -0.4 is 10.0 Å². The van der Waals surface area contributed by atoms with Crippen molar-refractivity contribution in [1.82, 2.24) is 24.8 Å². The van der Waals surface area contributed by atoms with Crippen molar-refractivity contribution in [3.8, 4) is 0 Å². The fraction of sp³-hybridized carbons (Fsp3) is 0.452. The summed E-state index contributed by atoms with van der Waals surface area (Å²) < 4.78 is 28.3. The van der Waals surface area contributed by atoms with E-state index in [0.29, 0.717) is 17.8 Å². The van der Waals surface area contributed by atoms with Gasteiger partial charge in [0.25, 0.3) is 5.91 Å². The van der Waals surface area contributed by atoms with E-state index in [4.69, 9.17) is 0 Å². The largest absolute Gasteiger partial charge is 0.351 e. The van der Waals surface area contributed by atoms with Crippen LogP contribution in [0.4, 0.5) is 0 Å². The fourth-order valence-electron chi connectivity index (χ4n) is 5.39. The molecule has 4 rings (SSSR count). The number of likely N-dealkylation sites (tertiary alicyclic amines) is 1. The second-order valence-electron chi connectivity index (χ2n) is 12.1. The molecule has 1 aliphatic heterocycles. The molecule has 2 heterocycles. The minimum atomic E-state index is -3.88. The summed E-state index contributed by atoms with van der Waals surface area (Å²) in [7, 11) is -3.88. The number of likely N-dealkylation sites (N-methyl/N-ethyl adjacent to an activating group) is 1. The molecule has 11 heteroatoms. The Kier molecular flexibility index (Phi) is 8.84. The highest BCUT2D eigenvalue weighted by molar-refractivity contribution is 7.89. The van der Waals surface area contributed by atoms with Crippen molar-refractivity contribution in [1.29, 1.82) is 0 Å². The van der Waals surface area contributed by atoms with Gasteiger partial charge in [0.05, 0.1) is 23.5 Å². The number of carbonyl (C=O) groups excluding carboxylic acids is 3. The number of hydrogen-bond acceptors (Lipinski definition) is 5. The van der Waals surface area contributed by atoms with Crippen LogP contribution in [0, 0.1) is 19.3 Å². The van der Waals surface area contributed by atoms with Crippen LogP contribution in [-0.4, -0.2) is 78.7 Å². The Bertz CT molecular complexity index is 1570. The van der Waals surface area contributed by atoms with Crippen LogP contribution in [0.2, 0.25) is 0 Å². The third kappa shape index (κ3) is 6.37. The molecule has 3 amide bonds. The maximum Gasteiger partial charge on any atom is 0.268 e. The van der Waals surface area contributed by atoms with E-state index >= 15 is 0 Å². The highest BCUT2D eigenvalue weighted by atomic mass is 32.2. The lowest BCUT2D eigenvalue weighted by Gasteiger charge is -2.52. The van der Waals surface area contributed by atoms with Crippen LogP contribution in [-0.2, 0) is 19.6 Å². The molecule has 1 saturated heterocycles. The summed E-state index contributed by atoms with van der Waals surface area (Å²) in [4.78, 5) is 46.6. The van der Waals surface area contributed by atoms with Gasteiger partial charge in [-0.3, -0.25) is 14.4 Å². The summed E-state index contributed by atoms with van der Waals surface area (Å²) in [5, 5.41) is 3.83. The number of amides is 3. The molecule has 1 aliphatic rings. The van der Waals surface area contributed by atoms with Gasteiger partial charge in [-0.25, -0.2) is 13.1 Å². The van der Waals surface area contributed by atoms with Crippen LogP contribution in [0.3, 0.4) is 0 Å². The third-order valence-electron chi connectivity index (χ3n) is 7.99. The molecule has 3 aromatic rings. The number of benzene rings is 2. The number of fused-ring (bicyclic) bond motifs is 1. The van der Waals surface area contributed by atoms with Crippen LogP contribution in [0.15, 0.2) is 53.4 Å². The quantitative estimate of drug-likeness (QED) is 0.349. The van der Waals surface area contributed by atoms with Crippen molar-refractivity contribution in [3.05, 3.63) is 65.4 Å².